The van der Waals surface area contributed by atoms with Crippen molar-refractivity contribution < 1.29 is 49.0 Å². The molecule has 0 aromatic heterocycles. The van der Waals surface area contributed by atoms with E-state index in [-0.39, 0.29) is 24.8 Å². The van der Waals surface area contributed by atoms with Crippen molar-refractivity contribution in [3.8, 4) is 0 Å². The van der Waals surface area contributed by atoms with Crippen molar-refractivity contribution in [1.82, 2.24) is 0 Å². The quantitative estimate of drug-likeness (QED) is 0.235. The van der Waals surface area contributed by atoms with E-state index in [1.165, 1.54) is 71.3 Å². The molecule has 0 heterocycles. The Kier molecular flexibility index (Phi) is 15.2. The van der Waals surface area contributed by atoms with Crippen molar-refractivity contribution in [1.29, 1.82) is 0 Å². The first-order valence-corrected chi connectivity index (χ1v) is 16.1. The summed E-state index contributed by atoms with van der Waals surface area (Å²) in [6.07, 6.45) is 6.07. The zero-order chi connectivity index (χ0) is 29.4. The molecule has 0 spiro atoms. The van der Waals surface area contributed by atoms with Crippen LogP contribution in [0.3, 0.4) is 0 Å². The molecule has 5 aromatic rings. The minimum atomic E-state index is 0. The summed E-state index contributed by atoms with van der Waals surface area (Å²) in [6.45, 7) is 13.6. The second kappa shape index (κ2) is 17.8. The predicted octanol–water partition coefficient (Wildman–Crippen LogP) is 4.76. The normalized spacial score (nSPS) is 13.8. The number of halogens is 2. The molecule has 1 atom stereocenters. The molecule has 1 aliphatic carbocycles. The van der Waals surface area contributed by atoms with Gasteiger partial charge in [0.2, 0.25) is 0 Å². The van der Waals surface area contributed by atoms with E-state index >= 15 is 0 Å². The second-order valence-electron chi connectivity index (χ2n) is 11.7. The maximum atomic E-state index is 3.65. The van der Waals surface area contributed by atoms with Gasteiger partial charge in [-0.2, -0.15) is 11.6 Å². The van der Waals surface area contributed by atoms with Gasteiger partial charge in [-0.05, 0) is 0 Å². The van der Waals surface area contributed by atoms with E-state index in [0.29, 0.717) is 23.7 Å². The van der Waals surface area contributed by atoms with E-state index in [4.69, 9.17) is 0 Å². The summed E-state index contributed by atoms with van der Waals surface area (Å²) < 4.78 is 1.42. The van der Waals surface area contributed by atoms with Crippen molar-refractivity contribution in [3.63, 3.8) is 0 Å². The Balaban J connectivity index is 0.000000220. The van der Waals surface area contributed by atoms with Crippen molar-refractivity contribution in [2.24, 2.45) is 23.7 Å². The average Bonchev–Trinajstić information content (AvgIpc) is 3.62. The molecule has 1 aliphatic rings. The molecule has 0 radical (unpaired) electrons. The van der Waals surface area contributed by atoms with Gasteiger partial charge in [0.1, 0.15) is 0 Å². The Labute approximate surface area is 286 Å². The van der Waals surface area contributed by atoms with Gasteiger partial charge in [-0.1, -0.05) is 102 Å². The molecule has 0 fully saturated rings. The number of fused-ring (bicyclic) bond motifs is 3. The SMILES string of the molecule is CC(C)C1=[C-]C(C(C)C)C=C1C(C)C.[Cl-].[Cl-].[Zr+2]=[C](c1ccccc1)c1ccccc1.c1ccc2c(c1)[cH-]c1ccccc12. The Morgan fingerprint density at radius 1 is 0.605 bits per heavy atom. The minimum absolute atomic E-state index is 0. The summed E-state index contributed by atoms with van der Waals surface area (Å²) in [5, 5.41) is 5.39. The number of benzene rings is 4. The third-order valence-electron chi connectivity index (χ3n) is 7.56. The summed E-state index contributed by atoms with van der Waals surface area (Å²) >= 11 is 1.46. The summed E-state index contributed by atoms with van der Waals surface area (Å²) in [7, 11) is 0. The maximum Gasteiger partial charge on any atom is -0.0771 e. The molecule has 43 heavy (non-hydrogen) atoms. The van der Waals surface area contributed by atoms with Crippen LogP contribution in [0.4, 0.5) is 0 Å². The van der Waals surface area contributed by atoms with Crippen LogP contribution in [-0.2, 0) is 24.2 Å². The van der Waals surface area contributed by atoms with Crippen molar-refractivity contribution >= 4 is 24.8 Å². The number of hydrogen-bond acceptors (Lipinski definition) is 0. The van der Waals surface area contributed by atoms with Crippen LogP contribution in [-0.4, -0.2) is 3.21 Å². The summed E-state index contributed by atoms with van der Waals surface area (Å²) in [5.74, 6) is 2.49. The van der Waals surface area contributed by atoms with E-state index in [2.05, 4.69) is 169 Å². The van der Waals surface area contributed by atoms with Gasteiger partial charge in [-0.25, -0.2) is 5.57 Å². The van der Waals surface area contributed by atoms with E-state index in [1.807, 2.05) is 0 Å². The van der Waals surface area contributed by atoms with Gasteiger partial charge in [0.25, 0.3) is 0 Å². The molecular formula is C40H42Cl2Zr-2. The van der Waals surface area contributed by atoms with Gasteiger partial charge in [0.15, 0.2) is 0 Å². The second-order valence-corrected chi connectivity index (χ2v) is 12.9. The van der Waals surface area contributed by atoms with Crippen molar-refractivity contribution in [3.05, 3.63) is 150 Å². The van der Waals surface area contributed by atoms with Gasteiger partial charge >= 0.3 is 99.2 Å². The first kappa shape index (κ1) is 36.8. The summed E-state index contributed by atoms with van der Waals surface area (Å²) in [5.41, 5.74) is 5.64. The fourth-order valence-electron chi connectivity index (χ4n) is 5.23. The molecular weight excluding hydrogens is 643 g/mol. The first-order chi connectivity index (χ1) is 19.8. The monoisotopic (exact) mass is 682 g/mol. The van der Waals surface area contributed by atoms with Crippen LogP contribution in [0.25, 0.3) is 21.5 Å². The predicted molar refractivity (Wildman–Crippen MR) is 176 cm³/mol. The van der Waals surface area contributed by atoms with E-state index in [0.717, 1.165) is 0 Å². The fraction of sp³-hybridized carbons (Fsp3) is 0.250. The Hall–Kier alpha value is -2.44. The Morgan fingerprint density at radius 3 is 1.40 bits per heavy atom. The summed E-state index contributed by atoms with van der Waals surface area (Å²) in [4.78, 5) is 0. The standard InChI is InChI=1S/C14H23.C13H9.C13H10.2ClH.Zr/c1-9(2)12-7-13(10(3)4)14(8-12)11(5)6;1-3-7-12-10(5-1)9-11-6-2-4-8-13(11)12;1-3-7-12(8-4-1)11-13-9-5-2-6-10-13;;;/h7,9-12H,1-6H3;1-9H;1-10H;2*1H;/q2*-1;;;;+2/p-2. The van der Waals surface area contributed by atoms with Crippen LogP contribution in [0.15, 0.2) is 132 Å². The van der Waals surface area contributed by atoms with E-state index in [9.17, 15) is 0 Å². The Bertz CT molecular complexity index is 1510. The van der Waals surface area contributed by atoms with Gasteiger partial charge < -0.3 is 24.8 Å². The number of rotatable bonds is 5. The summed E-state index contributed by atoms with van der Waals surface area (Å²) in [6, 6.07) is 40.4. The van der Waals surface area contributed by atoms with Crippen LogP contribution >= 0.6 is 0 Å². The third kappa shape index (κ3) is 9.78. The van der Waals surface area contributed by atoms with Crippen molar-refractivity contribution in [2.45, 2.75) is 41.5 Å². The number of allylic oxidation sites excluding steroid dienone is 4. The van der Waals surface area contributed by atoms with Gasteiger partial charge in [-0.3, -0.25) is 6.08 Å². The molecule has 0 saturated heterocycles. The third-order valence-corrected chi connectivity index (χ3v) is 8.98. The molecule has 222 valence electrons. The average molecular weight is 685 g/mol. The van der Waals surface area contributed by atoms with Gasteiger partial charge in [0.05, 0.1) is 0 Å². The molecule has 0 amide bonds. The van der Waals surface area contributed by atoms with Crippen LogP contribution in [0, 0.1) is 29.7 Å². The molecule has 0 N–H and O–H groups in total. The zero-order valence-corrected chi connectivity index (χ0v) is 30.1. The van der Waals surface area contributed by atoms with Gasteiger partial charge in [0, 0.05) is 0 Å². The largest absolute Gasteiger partial charge is 0.126 e. The smallest absolute Gasteiger partial charge is 0.0771 e. The molecule has 0 saturated carbocycles. The molecule has 5 aromatic carbocycles. The van der Waals surface area contributed by atoms with Crippen LogP contribution in [0.2, 0.25) is 0 Å². The molecule has 6 rings (SSSR count). The van der Waals surface area contributed by atoms with Crippen LogP contribution in [0.5, 0.6) is 0 Å². The maximum absolute atomic E-state index is 3.65. The van der Waals surface area contributed by atoms with Crippen LogP contribution < -0.4 is 24.8 Å². The molecule has 0 nitrogen and oxygen atoms in total. The fourth-order valence-corrected chi connectivity index (χ4v) is 6.05. The minimum Gasteiger partial charge on any atom is -0.126 e. The molecule has 3 heteroatoms. The molecule has 0 bridgehead atoms. The van der Waals surface area contributed by atoms with Gasteiger partial charge in [-0.15, -0.1) is 39.7 Å². The Morgan fingerprint density at radius 2 is 1.02 bits per heavy atom. The first-order valence-electron chi connectivity index (χ1n) is 14.8. The number of hydrogen-bond donors (Lipinski definition) is 0. The molecule has 1 unspecified atom stereocenters. The molecule has 0 aliphatic heterocycles. The van der Waals surface area contributed by atoms with Crippen molar-refractivity contribution in [2.75, 3.05) is 0 Å². The van der Waals surface area contributed by atoms with E-state index in [1.54, 1.807) is 0 Å². The zero-order valence-electron chi connectivity index (χ0n) is 26.1. The van der Waals surface area contributed by atoms with E-state index < -0.39 is 0 Å². The topological polar surface area (TPSA) is 0 Å². The van der Waals surface area contributed by atoms with Crippen LogP contribution in [0.1, 0.15) is 52.7 Å².